The third kappa shape index (κ3) is 5.32. The van der Waals surface area contributed by atoms with Crippen molar-refractivity contribution < 1.29 is 23.2 Å². The molecule has 0 radical (unpaired) electrons. The van der Waals surface area contributed by atoms with Gasteiger partial charge in [0.1, 0.15) is 11.8 Å². The highest BCUT2D eigenvalue weighted by Gasteiger charge is 2.31. The minimum atomic E-state index is -4.06. The second kappa shape index (κ2) is 6.87. The number of rotatable bonds is 8. The topological polar surface area (TPSA) is 99.9 Å². The summed E-state index contributed by atoms with van der Waals surface area (Å²) in [7, 11) is -4.06. The third-order valence-corrected chi connectivity index (χ3v) is 3.47. The number of hydrogen-bond donors (Lipinski definition) is 2. The van der Waals surface area contributed by atoms with E-state index in [1.165, 1.54) is 6.08 Å². The van der Waals surface area contributed by atoms with E-state index < -0.39 is 19.8 Å². The Kier molecular flexibility index (Phi) is 5.14. The number of hydroxylamine groups is 1. The fourth-order valence-corrected chi connectivity index (χ4v) is 2.19. The largest absolute Gasteiger partial charge is 0.512 e. The Hall–Kier alpha value is -1.66. The van der Waals surface area contributed by atoms with Gasteiger partial charge in [-0.2, -0.15) is 5.48 Å². The van der Waals surface area contributed by atoms with Crippen LogP contribution in [0.15, 0.2) is 43.0 Å². The van der Waals surface area contributed by atoms with Crippen molar-refractivity contribution in [2.75, 3.05) is 0 Å². The Labute approximate surface area is 122 Å². The highest BCUT2D eigenvalue weighted by molar-refractivity contribution is 7.52. The van der Waals surface area contributed by atoms with E-state index in [0.717, 1.165) is 12.8 Å². The van der Waals surface area contributed by atoms with Crippen molar-refractivity contribution >= 4 is 13.7 Å². The molecule has 1 aliphatic carbocycles. The van der Waals surface area contributed by atoms with E-state index in [1.807, 2.05) is 0 Å². The first-order valence-corrected chi connectivity index (χ1v) is 8.02. The van der Waals surface area contributed by atoms with E-state index in [-0.39, 0.29) is 11.9 Å². The van der Waals surface area contributed by atoms with E-state index in [9.17, 15) is 9.36 Å². The van der Waals surface area contributed by atoms with Gasteiger partial charge in [0.15, 0.2) is 0 Å². The normalized spacial score (nSPS) is 18.3. The molecule has 114 valence electrons. The molecule has 1 aromatic carbocycles. The van der Waals surface area contributed by atoms with E-state index in [4.69, 9.17) is 19.4 Å². The Morgan fingerprint density at radius 3 is 2.67 bits per heavy atom. The second-order valence-electron chi connectivity index (χ2n) is 4.50. The van der Waals surface area contributed by atoms with Crippen LogP contribution in [0.2, 0.25) is 0 Å². The van der Waals surface area contributed by atoms with Crippen LogP contribution in [0.5, 0.6) is 5.75 Å². The van der Waals surface area contributed by atoms with Crippen molar-refractivity contribution in [3.8, 4) is 5.75 Å². The molecular formula is C13H17N2O5P. The fourth-order valence-electron chi connectivity index (χ4n) is 1.38. The van der Waals surface area contributed by atoms with Gasteiger partial charge in [0.05, 0.1) is 6.10 Å². The Morgan fingerprint density at radius 2 is 2.10 bits per heavy atom. The number of hydrogen-bond acceptors (Lipinski definition) is 6. The molecule has 0 aromatic heterocycles. The molecule has 0 aliphatic heterocycles. The zero-order valence-corrected chi connectivity index (χ0v) is 12.2. The number of carbonyl (C=O) groups is 1. The van der Waals surface area contributed by atoms with Gasteiger partial charge in [-0.15, -0.1) is 6.58 Å². The predicted molar refractivity (Wildman–Crippen MR) is 76.2 cm³/mol. The number of nitrogens with two attached hydrogens (primary N) is 1. The van der Waals surface area contributed by atoms with Gasteiger partial charge in [0, 0.05) is 0 Å². The minimum Gasteiger partial charge on any atom is -0.405 e. The lowest BCUT2D eigenvalue weighted by Crippen LogP contribution is -2.37. The maximum atomic E-state index is 12.0. The lowest BCUT2D eigenvalue weighted by atomic mass is 10.3. The van der Waals surface area contributed by atoms with Crippen molar-refractivity contribution in [2.24, 2.45) is 5.50 Å². The number of carbonyl (C=O) groups excluding carboxylic acids is 1. The quantitative estimate of drug-likeness (QED) is 0.429. The summed E-state index contributed by atoms with van der Waals surface area (Å²) in [5, 5.41) is 0. The Morgan fingerprint density at radius 1 is 1.43 bits per heavy atom. The predicted octanol–water partition coefficient (Wildman–Crippen LogP) is 1.91. The molecule has 2 rings (SSSR count). The average Bonchev–Trinajstić information content (AvgIpc) is 3.23. The first-order valence-electron chi connectivity index (χ1n) is 6.40. The number of nitrogens with one attached hydrogen (secondary N) is 1. The van der Waals surface area contributed by atoms with Gasteiger partial charge >= 0.3 is 13.7 Å². The average molecular weight is 312 g/mol. The smallest absolute Gasteiger partial charge is 0.405 e. The van der Waals surface area contributed by atoms with Crippen LogP contribution < -0.4 is 15.5 Å². The fraction of sp³-hybridized carbons (Fsp3) is 0.308. The van der Waals surface area contributed by atoms with E-state index in [0.29, 0.717) is 0 Å². The maximum absolute atomic E-state index is 12.0. The standard InChI is InChI=1S/C13H17N2O5P/c1-2-12(15-18-10-8-9-10)13(16)20-21(14,17)19-11-6-4-3-5-7-11/h2-7,10,12,15H,1,8-9H2,(H2,14,17)/t12-,21?/m0/s1. The van der Waals surface area contributed by atoms with Crippen LogP contribution >= 0.6 is 7.75 Å². The summed E-state index contributed by atoms with van der Waals surface area (Å²) >= 11 is 0. The lowest BCUT2D eigenvalue weighted by Gasteiger charge is -2.17. The molecule has 2 atom stereocenters. The Balaban J connectivity index is 1.89. The van der Waals surface area contributed by atoms with E-state index in [1.54, 1.807) is 30.3 Å². The molecule has 0 spiro atoms. The van der Waals surface area contributed by atoms with Crippen molar-refractivity contribution in [3.05, 3.63) is 43.0 Å². The van der Waals surface area contributed by atoms with Gasteiger partial charge in [-0.1, -0.05) is 24.3 Å². The molecule has 0 bridgehead atoms. The van der Waals surface area contributed by atoms with Crippen LogP contribution in [0.1, 0.15) is 12.8 Å². The summed E-state index contributed by atoms with van der Waals surface area (Å²) in [6.45, 7) is 3.48. The van der Waals surface area contributed by atoms with Gasteiger partial charge in [-0.3, -0.25) is 4.84 Å². The molecule has 1 aromatic rings. The molecule has 8 heteroatoms. The van der Waals surface area contributed by atoms with Crippen LogP contribution in [-0.2, 0) is 18.7 Å². The SMILES string of the molecule is C=C[C@H](NOC1CC1)C(=O)OP(N)(=O)Oc1ccccc1. The molecule has 21 heavy (non-hydrogen) atoms. The monoisotopic (exact) mass is 312 g/mol. The molecule has 0 saturated heterocycles. The van der Waals surface area contributed by atoms with E-state index in [2.05, 4.69) is 12.1 Å². The van der Waals surface area contributed by atoms with Crippen LogP contribution in [0.25, 0.3) is 0 Å². The van der Waals surface area contributed by atoms with Crippen molar-refractivity contribution in [1.82, 2.24) is 5.48 Å². The maximum Gasteiger partial charge on any atom is 0.512 e. The molecule has 0 amide bonds. The van der Waals surface area contributed by atoms with E-state index >= 15 is 0 Å². The first kappa shape index (κ1) is 15.7. The zero-order valence-electron chi connectivity index (χ0n) is 11.3. The van der Waals surface area contributed by atoms with Gasteiger partial charge in [0.25, 0.3) is 0 Å². The highest BCUT2D eigenvalue weighted by atomic mass is 31.2. The van der Waals surface area contributed by atoms with Crippen molar-refractivity contribution in [1.29, 1.82) is 0 Å². The lowest BCUT2D eigenvalue weighted by molar-refractivity contribution is -0.140. The van der Waals surface area contributed by atoms with Crippen molar-refractivity contribution in [3.63, 3.8) is 0 Å². The molecule has 7 nitrogen and oxygen atoms in total. The molecule has 1 fully saturated rings. The molecule has 1 aliphatic rings. The van der Waals surface area contributed by atoms with Crippen LogP contribution in [-0.4, -0.2) is 18.1 Å². The van der Waals surface area contributed by atoms with Gasteiger partial charge < -0.3 is 9.05 Å². The molecule has 1 unspecified atom stereocenters. The zero-order chi connectivity index (χ0) is 15.3. The summed E-state index contributed by atoms with van der Waals surface area (Å²) in [6.07, 6.45) is 3.22. The summed E-state index contributed by atoms with van der Waals surface area (Å²) < 4.78 is 21.7. The summed E-state index contributed by atoms with van der Waals surface area (Å²) in [5.41, 5.74) is 7.89. The molecule has 1 saturated carbocycles. The van der Waals surface area contributed by atoms with Gasteiger partial charge in [-0.25, -0.2) is 14.9 Å². The van der Waals surface area contributed by atoms with Crippen LogP contribution in [0, 0.1) is 0 Å². The molecule has 3 N–H and O–H groups in total. The molecule has 0 heterocycles. The summed E-state index contributed by atoms with van der Waals surface area (Å²) in [4.78, 5) is 17.0. The van der Waals surface area contributed by atoms with Crippen LogP contribution in [0.4, 0.5) is 0 Å². The van der Waals surface area contributed by atoms with Gasteiger partial charge in [0.2, 0.25) is 0 Å². The van der Waals surface area contributed by atoms with Crippen LogP contribution in [0.3, 0.4) is 0 Å². The molecular weight excluding hydrogens is 295 g/mol. The number of benzene rings is 1. The first-order chi connectivity index (χ1) is 10.00. The minimum absolute atomic E-state index is 0.0884. The third-order valence-electron chi connectivity index (χ3n) is 2.57. The second-order valence-corrected chi connectivity index (χ2v) is 5.95. The summed E-state index contributed by atoms with van der Waals surface area (Å²) in [5.74, 6) is -0.638. The van der Waals surface area contributed by atoms with Gasteiger partial charge in [-0.05, 0) is 25.0 Å². The number of para-hydroxylation sites is 1. The summed E-state index contributed by atoms with van der Waals surface area (Å²) in [6, 6.07) is 7.23. The van der Waals surface area contributed by atoms with Crippen molar-refractivity contribution in [2.45, 2.75) is 25.0 Å². The highest BCUT2D eigenvalue weighted by Crippen LogP contribution is 2.40. The Bertz CT molecular complexity index is 547.